The van der Waals surface area contributed by atoms with Crippen molar-refractivity contribution in [2.24, 2.45) is 5.92 Å². The monoisotopic (exact) mass is 592 g/mol. The maximum atomic E-state index is 14.5. The minimum absolute atomic E-state index is 0.192. The third kappa shape index (κ3) is 4.22. The van der Waals surface area contributed by atoms with Crippen molar-refractivity contribution < 1.29 is 32.5 Å². The molecule has 9 nitrogen and oxygen atoms in total. The Bertz CT molecular complexity index is 1790. The predicted octanol–water partition coefficient (Wildman–Crippen LogP) is 6.24. The molecule has 0 unspecified atom stereocenters. The second kappa shape index (κ2) is 9.97. The zero-order valence-electron chi connectivity index (χ0n) is 24.4. The van der Waals surface area contributed by atoms with E-state index in [0.717, 1.165) is 52.1 Å². The van der Waals surface area contributed by atoms with Crippen LogP contribution in [0.1, 0.15) is 54.4 Å². The van der Waals surface area contributed by atoms with Crippen molar-refractivity contribution in [1.82, 2.24) is 4.90 Å². The molecule has 4 heterocycles. The van der Waals surface area contributed by atoms with Crippen molar-refractivity contribution in [2.75, 3.05) is 20.1 Å². The molecule has 224 valence electrons. The molecule has 1 fully saturated rings. The summed E-state index contributed by atoms with van der Waals surface area (Å²) in [6.07, 6.45) is 17.0. The van der Waals surface area contributed by atoms with E-state index in [0.29, 0.717) is 61.9 Å². The third-order valence-electron chi connectivity index (χ3n) is 9.77. The first kappa shape index (κ1) is 27.0. The lowest BCUT2D eigenvalue weighted by molar-refractivity contribution is -0.850. The number of hydroxylamine groups is 3. The summed E-state index contributed by atoms with van der Waals surface area (Å²) in [5.41, 5.74) is 5.74. The van der Waals surface area contributed by atoms with Gasteiger partial charge in [0, 0.05) is 60.2 Å². The number of amides is 1. The van der Waals surface area contributed by atoms with Gasteiger partial charge in [0.1, 0.15) is 11.5 Å². The van der Waals surface area contributed by atoms with Crippen molar-refractivity contribution in [1.29, 1.82) is 0 Å². The zero-order chi connectivity index (χ0) is 30.1. The van der Waals surface area contributed by atoms with Gasteiger partial charge in [-0.05, 0) is 61.6 Å². The van der Waals surface area contributed by atoms with Crippen LogP contribution < -0.4 is 9.47 Å². The normalized spacial score (nSPS) is 25.0. The molecule has 0 N–H and O–H groups in total. The van der Waals surface area contributed by atoms with Gasteiger partial charge in [0.05, 0.1) is 49.3 Å². The molecule has 2 aliphatic heterocycles. The lowest BCUT2D eigenvalue weighted by atomic mass is 9.59. The molecule has 3 aromatic rings. The fraction of sp³-hybridized carbons (Fsp3) is 0.314. The standard InChI is InChI=1S/C35H32N2O7/c1-36(30(38)10-4-23-12-16-41-20-23)27-8-7-26-28-18-25-6-9-29(43-31(39)11-5-24-13-17-42-21-24)33-32(25)35(26,34(27)44-33)14-15-37(28,40)19-22-2-3-22/h4-6,9-13,16-17,20-22H,2-3,7-8,14-15,18-19H2,1H3/b10-4+,11-5+/t35-,37+/m0/s1. The second-order valence-electron chi connectivity index (χ2n) is 12.4. The molecule has 1 saturated carbocycles. The number of rotatable bonds is 8. The number of carbonyl (C=O) groups excluding carboxylic acids is 2. The Morgan fingerprint density at radius 2 is 1.82 bits per heavy atom. The summed E-state index contributed by atoms with van der Waals surface area (Å²) in [5, 5.41) is 14.5. The number of ether oxygens (including phenoxy) is 2. The lowest BCUT2D eigenvalue weighted by Gasteiger charge is -2.55. The second-order valence-corrected chi connectivity index (χ2v) is 12.4. The summed E-state index contributed by atoms with van der Waals surface area (Å²) in [4.78, 5) is 28.0. The minimum atomic E-state index is -0.653. The Kier molecular flexibility index (Phi) is 6.11. The molecule has 8 rings (SSSR count). The molecular weight excluding hydrogens is 560 g/mol. The number of allylic oxidation sites excluding steroid dienone is 3. The van der Waals surface area contributed by atoms with Crippen LogP contribution in [0.15, 0.2) is 93.0 Å². The Morgan fingerprint density at radius 1 is 1.07 bits per heavy atom. The van der Waals surface area contributed by atoms with Crippen LogP contribution in [0.3, 0.4) is 0 Å². The molecule has 1 amide bonds. The number of likely N-dealkylation sites (N-methyl/N-ethyl adjacent to an activating group) is 1. The Labute approximate surface area is 254 Å². The third-order valence-corrected chi connectivity index (χ3v) is 9.77. The summed E-state index contributed by atoms with van der Waals surface area (Å²) < 4.78 is 22.5. The van der Waals surface area contributed by atoms with Crippen molar-refractivity contribution in [3.05, 3.63) is 112 Å². The summed E-state index contributed by atoms with van der Waals surface area (Å²) in [6.45, 7) is 1.07. The van der Waals surface area contributed by atoms with Gasteiger partial charge in [-0.3, -0.25) is 4.79 Å². The van der Waals surface area contributed by atoms with Gasteiger partial charge in [0.2, 0.25) is 0 Å². The molecule has 44 heavy (non-hydrogen) atoms. The summed E-state index contributed by atoms with van der Waals surface area (Å²) >= 11 is 0. The van der Waals surface area contributed by atoms with Crippen LogP contribution in [-0.2, 0) is 21.4 Å². The van der Waals surface area contributed by atoms with Crippen molar-refractivity contribution >= 4 is 24.0 Å². The summed E-state index contributed by atoms with van der Waals surface area (Å²) in [5.74, 6) is 1.26. The number of quaternary nitrogens is 1. The number of esters is 1. The van der Waals surface area contributed by atoms with Crippen molar-refractivity contribution in [3.63, 3.8) is 0 Å². The van der Waals surface area contributed by atoms with Gasteiger partial charge >= 0.3 is 5.97 Å². The van der Waals surface area contributed by atoms with Gasteiger partial charge in [0.25, 0.3) is 5.91 Å². The number of furan rings is 2. The molecule has 9 heteroatoms. The average Bonchev–Trinajstić information content (AvgIpc) is 3.40. The van der Waals surface area contributed by atoms with Gasteiger partial charge in [0.15, 0.2) is 11.5 Å². The highest BCUT2D eigenvalue weighted by Crippen LogP contribution is 2.66. The van der Waals surface area contributed by atoms with Gasteiger partial charge in [-0.25, -0.2) is 4.79 Å². The van der Waals surface area contributed by atoms with E-state index >= 15 is 0 Å². The summed E-state index contributed by atoms with van der Waals surface area (Å²) in [7, 11) is 1.76. The molecule has 2 atom stereocenters. The minimum Gasteiger partial charge on any atom is -0.628 e. The maximum absolute atomic E-state index is 14.5. The Hall–Kier alpha value is -4.60. The van der Waals surface area contributed by atoms with E-state index in [9.17, 15) is 14.8 Å². The van der Waals surface area contributed by atoms with Gasteiger partial charge in [-0.1, -0.05) is 6.07 Å². The molecule has 2 bridgehead atoms. The van der Waals surface area contributed by atoms with E-state index in [-0.39, 0.29) is 10.6 Å². The van der Waals surface area contributed by atoms with Crippen LogP contribution in [0.5, 0.6) is 11.5 Å². The number of benzene rings is 1. The highest BCUT2D eigenvalue weighted by atomic mass is 16.6. The van der Waals surface area contributed by atoms with E-state index in [1.54, 1.807) is 54.8 Å². The van der Waals surface area contributed by atoms with Crippen LogP contribution in [0.2, 0.25) is 0 Å². The van der Waals surface area contributed by atoms with Crippen LogP contribution >= 0.6 is 0 Å². The summed E-state index contributed by atoms with van der Waals surface area (Å²) in [6, 6.07) is 7.26. The molecular formula is C35H32N2O7. The predicted molar refractivity (Wildman–Crippen MR) is 160 cm³/mol. The molecule has 1 spiro atoms. The number of carbonyl (C=O) groups is 2. The topological polar surface area (TPSA) is 105 Å². The maximum Gasteiger partial charge on any atom is 0.336 e. The molecule has 0 radical (unpaired) electrons. The van der Waals surface area contributed by atoms with E-state index < -0.39 is 11.4 Å². The van der Waals surface area contributed by atoms with E-state index in [4.69, 9.17) is 18.3 Å². The smallest absolute Gasteiger partial charge is 0.336 e. The first-order chi connectivity index (χ1) is 21.4. The zero-order valence-corrected chi connectivity index (χ0v) is 24.4. The Morgan fingerprint density at radius 3 is 2.52 bits per heavy atom. The average molecular weight is 593 g/mol. The first-order valence-corrected chi connectivity index (χ1v) is 15.1. The largest absolute Gasteiger partial charge is 0.628 e. The highest BCUT2D eigenvalue weighted by molar-refractivity contribution is 5.93. The van der Waals surface area contributed by atoms with Crippen LogP contribution in [-0.4, -0.2) is 41.6 Å². The van der Waals surface area contributed by atoms with E-state index in [1.165, 1.54) is 24.7 Å². The highest BCUT2D eigenvalue weighted by Gasteiger charge is 2.61. The first-order valence-electron chi connectivity index (χ1n) is 15.1. The molecule has 1 aromatic carbocycles. The fourth-order valence-corrected chi connectivity index (χ4v) is 7.51. The molecule has 3 aliphatic carbocycles. The van der Waals surface area contributed by atoms with Crippen LogP contribution in [0.4, 0.5) is 0 Å². The SMILES string of the molecule is CN(C(=O)/C=C/c1ccoc1)C1=C2Oc3c(OC(=O)/C=C/c4ccoc4)ccc4c3[C@@]23CC[N@@+]([O-])(CC2CC2)C(=C3CC1)C4. The molecule has 2 aromatic heterocycles. The fourth-order valence-electron chi connectivity index (χ4n) is 7.51. The number of hydrogen-bond acceptors (Lipinski definition) is 7. The van der Waals surface area contributed by atoms with Crippen molar-refractivity contribution in [2.45, 2.75) is 43.9 Å². The van der Waals surface area contributed by atoms with Gasteiger partial charge in [-0.15, -0.1) is 0 Å². The van der Waals surface area contributed by atoms with Crippen molar-refractivity contribution in [3.8, 4) is 11.5 Å². The van der Waals surface area contributed by atoms with E-state index in [2.05, 4.69) is 0 Å². The molecule has 5 aliphatic rings. The van der Waals surface area contributed by atoms with Gasteiger partial charge in [-0.2, -0.15) is 0 Å². The number of nitrogens with zero attached hydrogens (tertiary/aromatic N) is 2. The lowest BCUT2D eigenvalue weighted by Crippen LogP contribution is -2.56. The van der Waals surface area contributed by atoms with Crippen LogP contribution in [0.25, 0.3) is 12.2 Å². The number of hydrogen-bond donors (Lipinski definition) is 0. The molecule has 0 saturated heterocycles. The van der Waals surface area contributed by atoms with Gasteiger partial charge < -0.3 is 33.1 Å². The Balaban J connectivity index is 1.21. The quantitative estimate of drug-likeness (QED) is 0.100. The van der Waals surface area contributed by atoms with E-state index in [1.807, 2.05) is 6.07 Å². The van der Waals surface area contributed by atoms with Crippen LogP contribution in [0, 0.1) is 11.1 Å².